The van der Waals surface area contributed by atoms with E-state index < -0.39 is 18.1 Å². The molecule has 0 radical (unpaired) electrons. The number of nitrogens with zero attached hydrogens (tertiary/aromatic N) is 1. The standard InChI is InChI=1S/C22H26F3N3O4/c1-30-20-7-6-18(32-22(23,24)25)12-19(20)28-21(29)27-17-4-2-15(3-5-17)13-31-14-16-8-10-26-11-9-16/h6-12,15,17H,2-5,13-14H2,1H3,(H2,27,28,29). The van der Waals surface area contributed by atoms with Crippen LogP contribution in [0.1, 0.15) is 31.2 Å². The molecule has 1 heterocycles. The van der Waals surface area contributed by atoms with Crippen LogP contribution >= 0.6 is 0 Å². The fraction of sp³-hybridized carbons (Fsp3) is 0.455. The molecule has 1 saturated carbocycles. The van der Waals surface area contributed by atoms with Gasteiger partial charge in [-0.05, 0) is 61.4 Å². The maximum atomic E-state index is 12.5. The topological polar surface area (TPSA) is 81.7 Å². The van der Waals surface area contributed by atoms with Crippen LogP contribution in [0.2, 0.25) is 0 Å². The number of methoxy groups -OCH3 is 1. The van der Waals surface area contributed by atoms with E-state index in [9.17, 15) is 18.0 Å². The summed E-state index contributed by atoms with van der Waals surface area (Å²) >= 11 is 0. The van der Waals surface area contributed by atoms with E-state index in [-0.39, 0.29) is 17.5 Å². The Morgan fingerprint density at radius 1 is 1.12 bits per heavy atom. The first kappa shape index (κ1) is 23.6. The molecular formula is C22H26F3N3O4. The first-order valence-electron chi connectivity index (χ1n) is 10.3. The van der Waals surface area contributed by atoms with E-state index in [0.717, 1.165) is 43.4 Å². The molecule has 2 aromatic rings. The number of amides is 2. The molecule has 0 atom stereocenters. The molecule has 1 aliphatic carbocycles. The maximum absolute atomic E-state index is 12.5. The molecule has 0 spiro atoms. The lowest BCUT2D eigenvalue weighted by Crippen LogP contribution is -2.40. The van der Waals surface area contributed by atoms with Gasteiger partial charge in [-0.1, -0.05) is 0 Å². The highest BCUT2D eigenvalue weighted by atomic mass is 19.4. The van der Waals surface area contributed by atoms with Crippen molar-refractivity contribution in [3.8, 4) is 11.5 Å². The molecule has 1 aromatic carbocycles. The monoisotopic (exact) mass is 453 g/mol. The number of halogens is 3. The summed E-state index contributed by atoms with van der Waals surface area (Å²) in [6, 6.07) is 6.79. The number of urea groups is 1. The Morgan fingerprint density at radius 2 is 1.84 bits per heavy atom. The molecular weight excluding hydrogens is 427 g/mol. The van der Waals surface area contributed by atoms with Gasteiger partial charge in [-0.2, -0.15) is 0 Å². The Balaban J connectivity index is 1.43. The van der Waals surface area contributed by atoms with E-state index in [1.54, 1.807) is 12.4 Å². The summed E-state index contributed by atoms with van der Waals surface area (Å²) in [5.41, 5.74) is 1.16. The molecule has 0 aliphatic heterocycles. The number of rotatable bonds is 8. The number of carbonyl (C=O) groups is 1. The second kappa shape index (κ2) is 11.0. The van der Waals surface area contributed by atoms with E-state index in [4.69, 9.17) is 9.47 Å². The Labute approximate surface area is 184 Å². The van der Waals surface area contributed by atoms with Crippen LogP contribution in [0.25, 0.3) is 0 Å². The van der Waals surface area contributed by atoms with Crippen molar-refractivity contribution in [2.75, 3.05) is 19.0 Å². The van der Waals surface area contributed by atoms with E-state index in [1.807, 2.05) is 12.1 Å². The zero-order valence-electron chi connectivity index (χ0n) is 17.7. The van der Waals surface area contributed by atoms with Crippen LogP contribution in [-0.4, -0.2) is 37.1 Å². The summed E-state index contributed by atoms with van der Waals surface area (Å²) in [6.45, 7) is 1.20. The number of benzene rings is 1. The summed E-state index contributed by atoms with van der Waals surface area (Å²) in [5, 5.41) is 5.42. The van der Waals surface area contributed by atoms with Crippen LogP contribution in [0.3, 0.4) is 0 Å². The summed E-state index contributed by atoms with van der Waals surface area (Å²) in [4.78, 5) is 16.4. The van der Waals surface area contributed by atoms with Gasteiger partial charge in [-0.25, -0.2) is 4.79 Å². The molecule has 10 heteroatoms. The third-order valence-electron chi connectivity index (χ3n) is 5.21. The largest absolute Gasteiger partial charge is 0.573 e. The molecule has 0 bridgehead atoms. The number of hydrogen-bond acceptors (Lipinski definition) is 5. The average molecular weight is 453 g/mol. The second-order valence-corrected chi connectivity index (χ2v) is 7.60. The van der Waals surface area contributed by atoms with Crippen molar-refractivity contribution in [1.82, 2.24) is 10.3 Å². The Hall–Kier alpha value is -3.01. The lowest BCUT2D eigenvalue weighted by molar-refractivity contribution is -0.274. The van der Waals surface area contributed by atoms with E-state index >= 15 is 0 Å². The molecule has 2 N–H and O–H groups in total. The molecule has 3 rings (SSSR count). The minimum absolute atomic E-state index is 0.0212. The molecule has 0 unspecified atom stereocenters. The van der Waals surface area contributed by atoms with Gasteiger partial charge in [0.2, 0.25) is 0 Å². The van der Waals surface area contributed by atoms with Crippen LogP contribution in [0.15, 0.2) is 42.7 Å². The quantitative estimate of drug-likeness (QED) is 0.595. The number of carbonyl (C=O) groups excluding carboxylic acids is 1. The Morgan fingerprint density at radius 3 is 2.50 bits per heavy atom. The Kier molecular flexibility index (Phi) is 8.15. The fourth-order valence-electron chi connectivity index (χ4n) is 3.62. The number of hydrogen-bond donors (Lipinski definition) is 2. The molecule has 2 amide bonds. The van der Waals surface area contributed by atoms with Crippen molar-refractivity contribution < 1.29 is 32.2 Å². The number of alkyl halides is 3. The molecule has 1 aliphatic rings. The lowest BCUT2D eigenvalue weighted by Gasteiger charge is -2.29. The van der Waals surface area contributed by atoms with Gasteiger partial charge >= 0.3 is 12.4 Å². The van der Waals surface area contributed by atoms with Gasteiger partial charge in [0.15, 0.2) is 0 Å². The highest BCUT2D eigenvalue weighted by Crippen LogP contribution is 2.32. The minimum atomic E-state index is -4.82. The third-order valence-corrected chi connectivity index (χ3v) is 5.21. The molecule has 7 nitrogen and oxygen atoms in total. The zero-order chi connectivity index (χ0) is 23.0. The summed E-state index contributed by atoms with van der Waals surface area (Å²) in [5.74, 6) is 0.208. The Bertz CT molecular complexity index is 872. The predicted octanol–water partition coefficient (Wildman–Crippen LogP) is 4.89. The molecule has 1 aromatic heterocycles. The maximum Gasteiger partial charge on any atom is 0.573 e. The third kappa shape index (κ3) is 7.60. The van der Waals surface area contributed by atoms with Gasteiger partial charge < -0.3 is 24.8 Å². The number of aromatic nitrogens is 1. The smallest absolute Gasteiger partial charge is 0.495 e. The van der Waals surface area contributed by atoms with Crippen molar-refractivity contribution in [3.05, 3.63) is 48.3 Å². The number of anilines is 1. The van der Waals surface area contributed by atoms with Crippen LogP contribution in [0.4, 0.5) is 23.7 Å². The predicted molar refractivity (Wildman–Crippen MR) is 111 cm³/mol. The van der Waals surface area contributed by atoms with E-state index in [1.165, 1.54) is 13.2 Å². The number of pyridine rings is 1. The van der Waals surface area contributed by atoms with Gasteiger partial charge in [0.25, 0.3) is 0 Å². The van der Waals surface area contributed by atoms with E-state index in [2.05, 4.69) is 20.4 Å². The highest BCUT2D eigenvalue weighted by molar-refractivity contribution is 5.91. The molecule has 32 heavy (non-hydrogen) atoms. The van der Waals surface area contributed by atoms with E-state index in [0.29, 0.717) is 19.1 Å². The number of nitrogens with one attached hydrogen (secondary N) is 2. The van der Waals surface area contributed by atoms with Crippen LogP contribution in [0, 0.1) is 5.92 Å². The van der Waals surface area contributed by atoms with Crippen molar-refractivity contribution in [2.24, 2.45) is 5.92 Å². The normalized spacial score (nSPS) is 18.6. The van der Waals surface area contributed by atoms with Crippen molar-refractivity contribution >= 4 is 11.7 Å². The van der Waals surface area contributed by atoms with Crippen molar-refractivity contribution in [1.29, 1.82) is 0 Å². The lowest BCUT2D eigenvalue weighted by atomic mass is 9.86. The first-order valence-corrected chi connectivity index (χ1v) is 10.3. The number of ether oxygens (including phenoxy) is 3. The summed E-state index contributed by atoms with van der Waals surface area (Å²) in [6.07, 6.45) is 2.07. The van der Waals surface area contributed by atoms with Gasteiger partial charge in [0, 0.05) is 31.1 Å². The zero-order valence-corrected chi connectivity index (χ0v) is 17.7. The van der Waals surface area contributed by atoms with Crippen LogP contribution < -0.4 is 20.1 Å². The summed E-state index contributed by atoms with van der Waals surface area (Å²) < 4.78 is 52.2. The van der Waals surface area contributed by atoms with Gasteiger partial charge in [0.05, 0.1) is 19.4 Å². The second-order valence-electron chi connectivity index (χ2n) is 7.60. The SMILES string of the molecule is COc1ccc(OC(F)(F)F)cc1NC(=O)NC1CCC(COCc2ccncc2)CC1. The average Bonchev–Trinajstić information content (AvgIpc) is 2.75. The summed E-state index contributed by atoms with van der Waals surface area (Å²) in [7, 11) is 1.36. The van der Waals surface area contributed by atoms with Gasteiger partial charge in [0.1, 0.15) is 11.5 Å². The minimum Gasteiger partial charge on any atom is -0.495 e. The van der Waals surface area contributed by atoms with Gasteiger partial charge in [-0.3, -0.25) is 4.98 Å². The van der Waals surface area contributed by atoms with Crippen molar-refractivity contribution in [2.45, 2.75) is 44.7 Å². The van der Waals surface area contributed by atoms with Crippen LogP contribution in [-0.2, 0) is 11.3 Å². The fourth-order valence-corrected chi connectivity index (χ4v) is 3.62. The molecule has 174 valence electrons. The molecule has 1 fully saturated rings. The highest BCUT2D eigenvalue weighted by Gasteiger charge is 2.31. The van der Waals surface area contributed by atoms with Gasteiger partial charge in [-0.15, -0.1) is 13.2 Å². The molecule has 0 saturated heterocycles. The van der Waals surface area contributed by atoms with Crippen molar-refractivity contribution in [3.63, 3.8) is 0 Å². The van der Waals surface area contributed by atoms with Crippen LogP contribution in [0.5, 0.6) is 11.5 Å². The first-order chi connectivity index (χ1) is 15.3.